The number of ether oxygens (including phenoxy) is 1. The van der Waals surface area contributed by atoms with Gasteiger partial charge >= 0.3 is 0 Å². The molecule has 2 rings (SSSR count). The van der Waals surface area contributed by atoms with Gasteiger partial charge in [-0.05, 0) is 42.8 Å². The van der Waals surface area contributed by atoms with Crippen LogP contribution in [0.4, 0.5) is 0 Å². The fourth-order valence-corrected chi connectivity index (χ4v) is 2.13. The zero-order valence-corrected chi connectivity index (χ0v) is 12.5. The second kappa shape index (κ2) is 8.39. The number of nitrogens with zero attached hydrogens (tertiary/aromatic N) is 2. The van der Waals surface area contributed by atoms with Crippen molar-refractivity contribution in [2.75, 3.05) is 20.2 Å². The minimum absolute atomic E-state index is 0.569. The van der Waals surface area contributed by atoms with Crippen LogP contribution in [0.3, 0.4) is 0 Å². The topological polar surface area (TPSA) is 51.4 Å². The average Bonchev–Trinajstić information content (AvgIpc) is 2.53. The molecule has 0 fully saturated rings. The molecule has 0 atom stereocenters. The normalized spacial score (nSPS) is 10.8. The van der Waals surface area contributed by atoms with E-state index in [-0.39, 0.29) is 0 Å². The van der Waals surface area contributed by atoms with Gasteiger partial charge in [-0.3, -0.25) is 4.98 Å². The Labute approximate surface area is 126 Å². The van der Waals surface area contributed by atoms with Crippen LogP contribution in [0, 0.1) is 0 Å². The lowest BCUT2D eigenvalue weighted by atomic mass is 10.2. The highest BCUT2D eigenvalue weighted by Gasteiger charge is 2.01. The molecule has 0 aliphatic rings. The maximum Gasteiger partial charge on any atom is 0.119 e. The molecule has 0 amide bonds. The summed E-state index contributed by atoms with van der Waals surface area (Å²) < 4.78 is 5.73. The molecular formula is C17H23N3O. The molecule has 0 radical (unpaired) electrons. The summed E-state index contributed by atoms with van der Waals surface area (Å²) in [4.78, 5) is 6.40. The van der Waals surface area contributed by atoms with E-state index < -0.39 is 0 Å². The lowest BCUT2D eigenvalue weighted by molar-refractivity contribution is 0.258. The van der Waals surface area contributed by atoms with Gasteiger partial charge in [-0.25, -0.2) is 0 Å². The van der Waals surface area contributed by atoms with Gasteiger partial charge in [0.25, 0.3) is 0 Å². The van der Waals surface area contributed by atoms with Crippen LogP contribution < -0.4 is 10.5 Å². The van der Waals surface area contributed by atoms with Gasteiger partial charge in [-0.1, -0.05) is 18.2 Å². The molecule has 0 aliphatic carbocycles. The lowest BCUT2D eigenvalue weighted by Gasteiger charge is -2.16. The van der Waals surface area contributed by atoms with E-state index in [1.807, 2.05) is 36.5 Å². The quantitative estimate of drug-likeness (QED) is 0.757. The van der Waals surface area contributed by atoms with Crippen molar-refractivity contribution in [1.82, 2.24) is 9.88 Å². The first-order valence-electron chi connectivity index (χ1n) is 7.27. The third-order valence-corrected chi connectivity index (χ3v) is 3.29. The molecule has 2 aromatic rings. The molecule has 1 heterocycles. The number of hydrogen-bond donors (Lipinski definition) is 1. The summed E-state index contributed by atoms with van der Waals surface area (Å²) in [6.07, 6.45) is 4.70. The summed E-state index contributed by atoms with van der Waals surface area (Å²) in [5, 5.41) is 0. The third-order valence-electron chi connectivity index (χ3n) is 3.29. The Morgan fingerprint density at radius 1 is 1.14 bits per heavy atom. The van der Waals surface area contributed by atoms with Crippen molar-refractivity contribution in [2.24, 2.45) is 5.73 Å². The van der Waals surface area contributed by atoms with E-state index in [4.69, 9.17) is 10.5 Å². The van der Waals surface area contributed by atoms with Gasteiger partial charge in [0.1, 0.15) is 5.75 Å². The van der Waals surface area contributed by atoms with Crippen molar-refractivity contribution in [1.29, 1.82) is 0 Å². The van der Waals surface area contributed by atoms with Gasteiger partial charge in [0, 0.05) is 32.0 Å². The summed E-state index contributed by atoms with van der Waals surface area (Å²) >= 11 is 0. The second-order valence-electron chi connectivity index (χ2n) is 5.15. The number of rotatable bonds is 8. The largest absolute Gasteiger partial charge is 0.494 e. The Kier molecular flexibility index (Phi) is 6.19. The minimum atomic E-state index is 0.569. The van der Waals surface area contributed by atoms with E-state index in [0.717, 1.165) is 37.4 Å². The molecule has 112 valence electrons. The van der Waals surface area contributed by atoms with Crippen molar-refractivity contribution >= 4 is 0 Å². The molecule has 0 spiro atoms. The van der Waals surface area contributed by atoms with E-state index in [0.29, 0.717) is 6.54 Å². The van der Waals surface area contributed by atoms with Crippen LogP contribution in [-0.4, -0.2) is 30.1 Å². The van der Waals surface area contributed by atoms with E-state index in [9.17, 15) is 0 Å². The second-order valence-corrected chi connectivity index (χ2v) is 5.15. The van der Waals surface area contributed by atoms with E-state index in [2.05, 4.69) is 23.0 Å². The maximum atomic E-state index is 5.73. The molecule has 0 saturated heterocycles. The number of hydrogen-bond acceptors (Lipinski definition) is 4. The molecule has 1 aromatic heterocycles. The van der Waals surface area contributed by atoms with Crippen LogP contribution in [0.2, 0.25) is 0 Å². The van der Waals surface area contributed by atoms with Gasteiger partial charge in [0.2, 0.25) is 0 Å². The number of nitrogens with two attached hydrogens (primary N) is 1. The van der Waals surface area contributed by atoms with Crippen LogP contribution >= 0.6 is 0 Å². The Hall–Kier alpha value is -1.91. The summed E-state index contributed by atoms with van der Waals surface area (Å²) in [5.74, 6) is 0.905. The van der Waals surface area contributed by atoms with Crippen molar-refractivity contribution in [2.45, 2.75) is 19.5 Å². The molecule has 0 aliphatic heterocycles. The molecular weight excluding hydrogens is 262 g/mol. The summed E-state index contributed by atoms with van der Waals surface area (Å²) in [6, 6.07) is 12.0. The molecule has 4 nitrogen and oxygen atoms in total. The van der Waals surface area contributed by atoms with Gasteiger partial charge in [-0.15, -0.1) is 0 Å². The Morgan fingerprint density at radius 2 is 1.95 bits per heavy atom. The number of aromatic nitrogens is 1. The average molecular weight is 285 g/mol. The highest BCUT2D eigenvalue weighted by molar-refractivity contribution is 5.27. The first-order valence-corrected chi connectivity index (χ1v) is 7.27. The number of pyridine rings is 1. The molecule has 0 unspecified atom stereocenters. The van der Waals surface area contributed by atoms with Gasteiger partial charge in [-0.2, -0.15) is 0 Å². The van der Waals surface area contributed by atoms with Crippen LogP contribution in [-0.2, 0) is 13.1 Å². The first kappa shape index (κ1) is 15.5. The highest BCUT2D eigenvalue weighted by Crippen LogP contribution is 2.12. The molecule has 0 bridgehead atoms. The van der Waals surface area contributed by atoms with Crippen LogP contribution in [0.5, 0.6) is 5.75 Å². The van der Waals surface area contributed by atoms with Crippen LogP contribution in [0.15, 0.2) is 48.8 Å². The van der Waals surface area contributed by atoms with Gasteiger partial charge < -0.3 is 15.4 Å². The Bertz CT molecular complexity index is 513. The predicted molar refractivity (Wildman–Crippen MR) is 85.0 cm³/mol. The Morgan fingerprint density at radius 3 is 2.62 bits per heavy atom. The van der Waals surface area contributed by atoms with E-state index in [1.165, 1.54) is 5.56 Å². The molecule has 21 heavy (non-hydrogen) atoms. The fourth-order valence-electron chi connectivity index (χ4n) is 2.13. The van der Waals surface area contributed by atoms with Gasteiger partial charge in [0.15, 0.2) is 0 Å². The summed E-state index contributed by atoms with van der Waals surface area (Å²) in [7, 11) is 2.11. The van der Waals surface area contributed by atoms with E-state index in [1.54, 1.807) is 6.20 Å². The predicted octanol–water partition coefficient (Wildman–Crippen LogP) is 2.44. The monoisotopic (exact) mass is 285 g/mol. The SMILES string of the molecule is CN(CCCOc1ccc(CN)cc1)Cc1cccnc1. The highest BCUT2D eigenvalue weighted by atomic mass is 16.5. The zero-order chi connectivity index (χ0) is 14.9. The molecule has 0 saturated carbocycles. The van der Waals surface area contributed by atoms with Crippen molar-refractivity contribution in [3.63, 3.8) is 0 Å². The third kappa shape index (κ3) is 5.53. The van der Waals surface area contributed by atoms with E-state index >= 15 is 0 Å². The molecule has 1 aromatic carbocycles. The van der Waals surface area contributed by atoms with Crippen LogP contribution in [0.25, 0.3) is 0 Å². The van der Waals surface area contributed by atoms with Gasteiger partial charge in [0.05, 0.1) is 6.61 Å². The summed E-state index contributed by atoms with van der Waals surface area (Å²) in [6.45, 7) is 3.20. The first-order chi connectivity index (χ1) is 10.3. The minimum Gasteiger partial charge on any atom is -0.494 e. The maximum absolute atomic E-state index is 5.73. The number of benzene rings is 1. The lowest BCUT2D eigenvalue weighted by Crippen LogP contribution is -2.20. The van der Waals surface area contributed by atoms with Crippen LogP contribution in [0.1, 0.15) is 17.5 Å². The fraction of sp³-hybridized carbons (Fsp3) is 0.353. The van der Waals surface area contributed by atoms with Crippen molar-refractivity contribution < 1.29 is 4.74 Å². The summed E-state index contributed by atoms with van der Waals surface area (Å²) in [5.41, 5.74) is 7.93. The molecule has 4 heteroatoms. The smallest absolute Gasteiger partial charge is 0.119 e. The van der Waals surface area contributed by atoms with Crippen molar-refractivity contribution in [3.8, 4) is 5.75 Å². The molecule has 2 N–H and O–H groups in total. The van der Waals surface area contributed by atoms with Crippen molar-refractivity contribution in [3.05, 3.63) is 59.9 Å². The Balaban J connectivity index is 1.64. The standard InChI is InChI=1S/C17H23N3O/c1-20(14-16-4-2-9-19-13-16)10-3-11-21-17-7-5-15(12-18)6-8-17/h2,4-9,13H,3,10-12,14,18H2,1H3. The zero-order valence-electron chi connectivity index (χ0n) is 12.5.